The van der Waals surface area contributed by atoms with E-state index in [0.717, 1.165) is 60.1 Å². The van der Waals surface area contributed by atoms with E-state index in [1.807, 2.05) is 29.1 Å². The van der Waals surface area contributed by atoms with Gasteiger partial charge in [-0.25, -0.2) is 9.97 Å². The van der Waals surface area contributed by atoms with E-state index in [1.165, 1.54) is 12.1 Å². The maximum absolute atomic E-state index is 12.8. The predicted molar refractivity (Wildman–Crippen MR) is 105 cm³/mol. The Balaban J connectivity index is 1.50. The zero-order valence-corrected chi connectivity index (χ0v) is 16.4. The summed E-state index contributed by atoms with van der Waals surface area (Å²) in [4.78, 5) is 11.5. The molecule has 0 radical (unpaired) electrons. The van der Waals surface area contributed by atoms with Crippen LogP contribution in [0.4, 0.5) is 13.2 Å². The van der Waals surface area contributed by atoms with E-state index in [1.54, 1.807) is 0 Å². The van der Waals surface area contributed by atoms with Crippen LogP contribution in [0.3, 0.4) is 0 Å². The zero-order chi connectivity index (χ0) is 20.6. The smallest absolute Gasteiger partial charge is 0.320 e. The predicted octanol–water partition coefficient (Wildman–Crippen LogP) is 4.97. The third kappa shape index (κ3) is 4.19. The van der Waals surface area contributed by atoms with Gasteiger partial charge < -0.3 is 4.57 Å². The molecule has 0 amide bonds. The van der Waals surface area contributed by atoms with Crippen LogP contribution in [0.5, 0.6) is 0 Å². The second kappa shape index (κ2) is 7.63. The van der Waals surface area contributed by atoms with Gasteiger partial charge in [-0.05, 0) is 36.4 Å². The fourth-order valence-corrected chi connectivity index (χ4v) is 3.64. The molecule has 0 atom stereocenters. The molecule has 0 saturated heterocycles. The molecule has 1 aliphatic heterocycles. The molecule has 152 valence electrons. The summed E-state index contributed by atoms with van der Waals surface area (Å²) in [5.74, 6) is 1.19. The lowest BCUT2D eigenvalue weighted by molar-refractivity contribution is -0.137. The van der Waals surface area contributed by atoms with Crippen molar-refractivity contribution in [2.45, 2.75) is 45.5 Å². The van der Waals surface area contributed by atoms with Crippen LogP contribution in [0, 0.1) is 0 Å². The minimum Gasteiger partial charge on any atom is -0.320 e. The lowest BCUT2D eigenvalue weighted by Crippen LogP contribution is -2.31. The fourth-order valence-electron chi connectivity index (χ4n) is 3.64. The number of halogens is 3. The monoisotopic (exact) mass is 400 g/mol. The Labute approximate surface area is 168 Å². The molecule has 1 aliphatic rings. The van der Waals surface area contributed by atoms with E-state index in [2.05, 4.69) is 23.7 Å². The number of hydrogen-bond donors (Lipinski definition) is 0. The summed E-state index contributed by atoms with van der Waals surface area (Å²) in [5.41, 5.74) is 3.39. The molecule has 7 heteroatoms. The van der Waals surface area contributed by atoms with Crippen LogP contribution in [-0.2, 0) is 25.7 Å². The van der Waals surface area contributed by atoms with Crippen molar-refractivity contribution in [1.29, 1.82) is 0 Å². The number of alkyl halides is 3. The van der Waals surface area contributed by atoms with Gasteiger partial charge in [-0.2, -0.15) is 13.2 Å². The lowest BCUT2D eigenvalue weighted by atomic mass is 10.1. The van der Waals surface area contributed by atoms with Gasteiger partial charge in [0, 0.05) is 67.0 Å². The van der Waals surface area contributed by atoms with Gasteiger partial charge in [-0.15, -0.1) is 0 Å². The Morgan fingerprint density at radius 3 is 2.55 bits per heavy atom. The summed E-state index contributed by atoms with van der Waals surface area (Å²) < 4.78 is 40.4. The minimum absolute atomic E-state index is 0.311. The molecule has 4 nitrogen and oxygen atoms in total. The van der Waals surface area contributed by atoms with E-state index >= 15 is 0 Å². The standard InChI is InChI=1S/C22H23F3N4/c1-15(2)21-26-12-16-13-28(11-9-20(16)27-21)14-19-4-3-10-29(19)18-7-5-17(6-8-18)22(23,24)25/h3-8,10,12,15H,9,11,13-14H2,1-2H3. The van der Waals surface area contributed by atoms with Gasteiger partial charge in [0.15, 0.2) is 0 Å². The van der Waals surface area contributed by atoms with Crippen molar-refractivity contribution in [1.82, 2.24) is 19.4 Å². The number of aromatic nitrogens is 3. The van der Waals surface area contributed by atoms with Gasteiger partial charge in [0.2, 0.25) is 0 Å². The lowest BCUT2D eigenvalue weighted by Gasteiger charge is -2.28. The Kier molecular flexibility index (Phi) is 5.17. The van der Waals surface area contributed by atoms with Crippen LogP contribution >= 0.6 is 0 Å². The first-order valence-corrected chi connectivity index (χ1v) is 9.72. The first-order valence-electron chi connectivity index (χ1n) is 9.72. The van der Waals surface area contributed by atoms with E-state index in [0.29, 0.717) is 12.5 Å². The van der Waals surface area contributed by atoms with Crippen LogP contribution < -0.4 is 0 Å². The molecule has 29 heavy (non-hydrogen) atoms. The van der Waals surface area contributed by atoms with Gasteiger partial charge in [-0.3, -0.25) is 4.90 Å². The maximum atomic E-state index is 12.8. The molecule has 0 bridgehead atoms. The molecule has 2 aromatic heterocycles. The molecule has 0 unspecified atom stereocenters. The van der Waals surface area contributed by atoms with E-state index < -0.39 is 11.7 Å². The molecule has 0 fully saturated rings. The molecule has 0 saturated carbocycles. The summed E-state index contributed by atoms with van der Waals surface area (Å²) in [5, 5.41) is 0. The van der Waals surface area contributed by atoms with Crippen LogP contribution in [0.1, 0.15) is 48.1 Å². The van der Waals surface area contributed by atoms with Gasteiger partial charge in [0.1, 0.15) is 5.82 Å². The normalized spacial score (nSPS) is 15.0. The van der Waals surface area contributed by atoms with E-state index in [-0.39, 0.29) is 0 Å². The second-order valence-corrected chi connectivity index (χ2v) is 7.73. The summed E-state index contributed by atoms with van der Waals surface area (Å²) in [7, 11) is 0. The highest BCUT2D eigenvalue weighted by atomic mass is 19.4. The highest BCUT2D eigenvalue weighted by Crippen LogP contribution is 2.30. The van der Waals surface area contributed by atoms with E-state index in [4.69, 9.17) is 4.98 Å². The Morgan fingerprint density at radius 2 is 1.86 bits per heavy atom. The van der Waals surface area contributed by atoms with Gasteiger partial charge in [0.25, 0.3) is 0 Å². The van der Waals surface area contributed by atoms with Gasteiger partial charge in [0.05, 0.1) is 5.56 Å². The Bertz CT molecular complexity index is 990. The summed E-state index contributed by atoms with van der Waals surface area (Å²) >= 11 is 0. The number of fused-ring (bicyclic) bond motifs is 1. The third-order valence-corrected chi connectivity index (χ3v) is 5.24. The average Bonchev–Trinajstić information content (AvgIpc) is 3.15. The van der Waals surface area contributed by atoms with Crippen LogP contribution in [-0.4, -0.2) is 26.0 Å². The molecule has 3 heterocycles. The van der Waals surface area contributed by atoms with Crippen molar-refractivity contribution >= 4 is 0 Å². The maximum Gasteiger partial charge on any atom is 0.416 e. The van der Waals surface area contributed by atoms with Crippen LogP contribution in [0.25, 0.3) is 5.69 Å². The number of hydrogen-bond acceptors (Lipinski definition) is 3. The van der Waals surface area contributed by atoms with Crippen molar-refractivity contribution < 1.29 is 13.2 Å². The fraction of sp³-hybridized carbons (Fsp3) is 0.364. The molecule has 0 aliphatic carbocycles. The van der Waals surface area contributed by atoms with Crippen LogP contribution in [0.15, 0.2) is 48.8 Å². The second-order valence-electron chi connectivity index (χ2n) is 7.73. The third-order valence-electron chi connectivity index (χ3n) is 5.24. The Morgan fingerprint density at radius 1 is 1.10 bits per heavy atom. The highest BCUT2D eigenvalue weighted by molar-refractivity contribution is 5.38. The summed E-state index contributed by atoms with van der Waals surface area (Å²) in [6.45, 7) is 6.55. The van der Waals surface area contributed by atoms with Crippen LogP contribution in [0.2, 0.25) is 0 Å². The van der Waals surface area contributed by atoms with Crippen molar-refractivity contribution in [3.05, 3.63) is 77.1 Å². The molecular weight excluding hydrogens is 377 g/mol. The number of nitrogens with zero attached hydrogens (tertiary/aromatic N) is 4. The molecule has 1 aromatic carbocycles. The summed E-state index contributed by atoms with van der Waals surface area (Å²) in [6, 6.07) is 9.20. The van der Waals surface area contributed by atoms with Gasteiger partial charge in [-0.1, -0.05) is 13.8 Å². The number of benzene rings is 1. The van der Waals surface area contributed by atoms with Gasteiger partial charge >= 0.3 is 6.18 Å². The molecule has 0 N–H and O–H groups in total. The van der Waals surface area contributed by atoms with E-state index in [9.17, 15) is 13.2 Å². The van der Waals surface area contributed by atoms with Crippen molar-refractivity contribution in [2.24, 2.45) is 0 Å². The molecule has 4 rings (SSSR count). The van der Waals surface area contributed by atoms with Crippen molar-refractivity contribution in [2.75, 3.05) is 6.54 Å². The highest BCUT2D eigenvalue weighted by Gasteiger charge is 2.30. The van der Waals surface area contributed by atoms with Crippen molar-refractivity contribution in [3.8, 4) is 5.69 Å². The quantitative estimate of drug-likeness (QED) is 0.620. The summed E-state index contributed by atoms with van der Waals surface area (Å²) in [6.07, 6.45) is 0.363. The Hall–Kier alpha value is -2.67. The molecular formula is C22H23F3N4. The largest absolute Gasteiger partial charge is 0.416 e. The first-order chi connectivity index (χ1) is 13.8. The SMILES string of the molecule is CC(C)c1ncc2c(n1)CCN(Cc1cccn1-c1ccc(C(F)(F)F)cc1)C2. The van der Waals surface area contributed by atoms with Crippen molar-refractivity contribution in [3.63, 3.8) is 0 Å². The number of rotatable bonds is 4. The molecule has 3 aromatic rings. The topological polar surface area (TPSA) is 34.0 Å². The first kappa shape index (κ1) is 19.6. The average molecular weight is 400 g/mol. The molecule has 0 spiro atoms. The zero-order valence-electron chi connectivity index (χ0n) is 16.4. The minimum atomic E-state index is -4.32.